The molecule has 1 heterocycles. The molecule has 0 aliphatic carbocycles. The Morgan fingerprint density at radius 1 is 1.40 bits per heavy atom. The van der Waals surface area contributed by atoms with E-state index in [4.69, 9.17) is 4.74 Å². The first-order chi connectivity index (χ1) is 7.20. The van der Waals surface area contributed by atoms with Crippen LogP contribution in [0.1, 0.15) is 39.5 Å². The van der Waals surface area contributed by atoms with Crippen molar-refractivity contribution in [2.75, 3.05) is 26.3 Å². The van der Waals surface area contributed by atoms with Crippen LogP contribution in [0.2, 0.25) is 0 Å². The fourth-order valence-electron chi connectivity index (χ4n) is 1.93. The largest absolute Gasteiger partial charge is 0.388 e. The molecule has 1 rings (SSSR count). The molecule has 1 aliphatic rings. The van der Waals surface area contributed by atoms with E-state index >= 15 is 0 Å². The lowest BCUT2D eigenvalue weighted by molar-refractivity contribution is -0.0530. The smallest absolute Gasteiger partial charge is 0.0874 e. The Bertz CT molecular complexity index is 163. The lowest BCUT2D eigenvalue weighted by atomic mass is 9.99. The standard InChI is InChI=1S/C12H25NO2/c1-3-12(14,4-2)10-15-8-6-11-5-7-13-9-11/h11,13-14H,3-10H2,1-2H3. The van der Waals surface area contributed by atoms with Crippen LogP contribution < -0.4 is 5.32 Å². The molecule has 0 bridgehead atoms. The van der Waals surface area contributed by atoms with E-state index in [-0.39, 0.29) is 0 Å². The molecule has 3 heteroatoms. The second-order valence-electron chi connectivity index (χ2n) is 4.63. The van der Waals surface area contributed by atoms with E-state index in [1.165, 1.54) is 6.42 Å². The minimum Gasteiger partial charge on any atom is -0.388 e. The molecule has 1 saturated heterocycles. The number of ether oxygens (including phenoxy) is 1. The minimum absolute atomic E-state index is 0.486. The molecule has 15 heavy (non-hydrogen) atoms. The van der Waals surface area contributed by atoms with E-state index in [0.717, 1.165) is 44.9 Å². The Kier molecular flexibility index (Phi) is 5.58. The summed E-state index contributed by atoms with van der Waals surface area (Å²) < 4.78 is 5.56. The molecule has 1 aliphatic heterocycles. The van der Waals surface area contributed by atoms with Crippen LogP contribution in [0.25, 0.3) is 0 Å². The quantitative estimate of drug-likeness (QED) is 0.633. The summed E-state index contributed by atoms with van der Waals surface area (Å²) in [5.74, 6) is 0.779. The molecule has 0 amide bonds. The van der Waals surface area contributed by atoms with E-state index < -0.39 is 5.60 Å². The van der Waals surface area contributed by atoms with Gasteiger partial charge >= 0.3 is 0 Å². The average molecular weight is 215 g/mol. The molecule has 0 aromatic heterocycles. The maximum Gasteiger partial charge on any atom is 0.0874 e. The summed E-state index contributed by atoms with van der Waals surface area (Å²) in [6.07, 6.45) is 3.94. The summed E-state index contributed by atoms with van der Waals surface area (Å²) in [6.45, 7) is 7.57. The fourth-order valence-corrected chi connectivity index (χ4v) is 1.93. The molecule has 90 valence electrons. The molecule has 1 fully saturated rings. The van der Waals surface area contributed by atoms with Gasteiger partial charge in [0.2, 0.25) is 0 Å². The molecule has 0 saturated carbocycles. The van der Waals surface area contributed by atoms with Crippen molar-refractivity contribution in [3.8, 4) is 0 Å². The zero-order chi connectivity index (χ0) is 11.1. The molecule has 1 unspecified atom stereocenters. The Hall–Kier alpha value is -0.120. The second-order valence-corrected chi connectivity index (χ2v) is 4.63. The van der Waals surface area contributed by atoms with Gasteiger partial charge in [-0.25, -0.2) is 0 Å². The third-order valence-corrected chi connectivity index (χ3v) is 3.52. The van der Waals surface area contributed by atoms with Gasteiger partial charge in [-0.3, -0.25) is 0 Å². The van der Waals surface area contributed by atoms with Gasteiger partial charge in [0.05, 0.1) is 12.2 Å². The van der Waals surface area contributed by atoms with Crippen LogP contribution in [0.4, 0.5) is 0 Å². The molecule has 0 spiro atoms. The molecular formula is C12H25NO2. The number of aliphatic hydroxyl groups is 1. The van der Waals surface area contributed by atoms with Gasteiger partial charge in [-0.1, -0.05) is 13.8 Å². The highest BCUT2D eigenvalue weighted by Gasteiger charge is 2.22. The average Bonchev–Trinajstić information content (AvgIpc) is 2.77. The van der Waals surface area contributed by atoms with Crippen molar-refractivity contribution >= 4 is 0 Å². The zero-order valence-electron chi connectivity index (χ0n) is 10.1. The summed E-state index contributed by atoms with van der Waals surface area (Å²) in [6, 6.07) is 0. The fraction of sp³-hybridized carbons (Fsp3) is 1.00. The van der Waals surface area contributed by atoms with E-state index in [2.05, 4.69) is 5.32 Å². The van der Waals surface area contributed by atoms with E-state index in [0.29, 0.717) is 6.61 Å². The van der Waals surface area contributed by atoms with Crippen molar-refractivity contribution in [2.24, 2.45) is 5.92 Å². The first kappa shape index (κ1) is 12.9. The van der Waals surface area contributed by atoms with Gasteiger partial charge in [0.25, 0.3) is 0 Å². The van der Waals surface area contributed by atoms with Gasteiger partial charge in [-0.15, -0.1) is 0 Å². The number of hydrogen-bond acceptors (Lipinski definition) is 3. The van der Waals surface area contributed by atoms with Crippen molar-refractivity contribution in [2.45, 2.75) is 45.1 Å². The van der Waals surface area contributed by atoms with Crippen molar-refractivity contribution in [3.05, 3.63) is 0 Å². The Balaban J connectivity index is 2.04. The van der Waals surface area contributed by atoms with Crippen molar-refractivity contribution in [1.82, 2.24) is 5.32 Å². The lowest BCUT2D eigenvalue weighted by Crippen LogP contribution is -2.33. The Morgan fingerprint density at radius 2 is 2.13 bits per heavy atom. The van der Waals surface area contributed by atoms with E-state index in [1.807, 2.05) is 13.8 Å². The van der Waals surface area contributed by atoms with Gasteiger partial charge in [0.15, 0.2) is 0 Å². The summed E-state index contributed by atoms with van der Waals surface area (Å²) in [5.41, 5.74) is -0.603. The van der Waals surface area contributed by atoms with Crippen LogP contribution in [-0.2, 0) is 4.74 Å². The van der Waals surface area contributed by atoms with Crippen molar-refractivity contribution in [3.63, 3.8) is 0 Å². The zero-order valence-corrected chi connectivity index (χ0v) is 10.1. The topological polar surface area (TPSA) is 41.5 Å². The third kappa shape index (κ3) is 4.49. The van der Waals surface area contributed by atoms with Gasteiger partial charge in [-0.05, 0) is 44.7 Å². The predicted molar refractivity (Wildman–Crippen MR) is 61.9 cm³/mol. The van der Waals surface area contributed by atoms with Crippen LogP contribution in [0.3, 0.4) is 0 Å². The van der Waals surface area contributed by atoms with Crippen LogP contribution in [0.5, 0.6) is 0 Å². The number of hydrogen-bond donors (Lipinski definition) is 2. The summed E-state index contributed by atoms with van der Waals surface area (Å²) in [7, 11) is 0. The highest BCUT2D eigenvalue weighted by molar-refractivity contribution is 4.74. The van der Waals surface area contributed by atoms with Crippen LogP contribution in [0.15, 0.2) is 0 Å². The van der Waals surface area contributed by atoms with Crippen molar-refractivity contribution in [1.29, 1.82) is 0 Å². The molecule has 0 radical (unpaired) electrons. The monoisotopic (exact) mass is 215 g/mol. The maximum atomic E-state index is 9.98. The van der Waals surface area contributed by atoms with E-state index in [9.17, 15) is 5.11 Å². The molecule has 0 aromatic rings. The normalized spacial score (nSPS) is 22.2. The van der Waals surface area contributed by atoms with Gasteiger partial charge in [0.1, 0.15) is 0 Å². The van der Waals surface area contributed by atoms with Gasteiger partial charge in [-0.2, -0.15) is 0 Å². The molecule has 0 aromatic carbocycles. The van der Waals surface area contributed by atoms with Gasteiger partial charge < -0.3 is 15.2 Å². The first-order valence-corrected chi connectivity index (χ1v) is 6.21. The molecule has 3 nitrogen and oxygen atoms in total. The highest BCUT2D eigenvalue weighted by Crippen LogP contribution is 2.16. The summed E-state index contributed by atoms with van der Waals surface area (Å²) >= 11 is 0. The van der Waals surface area contributed by atoms with Gasteiger partial charge in [0, 0.05) is 6.61 Å². The molecular weight excluding hydrogens is 190 g/mol. The summed E-state index contributed by atoms with van der Waals surface area (Å²) in [5, 5.41) is 13.3. The number of nitrogens with one attached hydrogen (secondary N) is 1. The summed E-state index contributed by atoms with van der Waals surface area (Å²) in [4.78, 5) is 0. The highest BCUT2D eigenvalue weighted by atomic mass is 16.5. The second kappa shape index (κ2) is 6.46. The predicted octanol–water partition coefficient (Wildman–Crippen LogP) is 1.55. The Morgan fingerprint density at radius 3 is 2.67 bits per heavy atom. The van der Waals surface area contributed by atoms with Crippen LogP contribution >= 0.6 is 0 Å². The maximum absolute atomic E-state index is 9.98. The third-order valence-electron chi connectivity index (χ3n) is 3.52. The van der Waals surface area contributed by atoms with Crippen LogP contribution in [0, 0.1) is 5.92 Å². The lowest BCUT2D eigenvalue weighted by Gasteiger charge is -2.25. The Labute approximate surface area is 93.2 Å². The van der Waals surface area contributed by atoms with Crippen molar-refractivity contribution < 1.29 is 9.84 Å². The SMILES string of the molecule is CCC(O)(CC)COCCC1CCNC1. The molecule has 1 atom stereocenters. The van der Waals surface area contributed by atoms with Crippen LogP contribution in [-0.4, -0.2) is 37.0 Å². The molecule has 2 N–H and O–H groups in total. The first-order valence-electron chi connectivity index (χ1n) is 6.21. The minimum atomic E-state index is -0.603. The van der Waals surface area contributed by atoms with E-state index in [1.54, 1.807) is 0 Å². The number of rotatable bonds is 7.